The molecule has 2 aliphatic heterocycles. The number of piperazine rings is 1. The molecule has 0 aromatic heterocycles. The van der Waals surface area contributed by atoms with Crippen LogP contribution in [0.3, 0.4) is 0 Å². The van der Waals surface area contributed by atoms with Gasteiger partial charge < -0.3 is 15.1 Å². The monoisotopic (exact) mass is 337 g/mol. The molecule has 2 amide bonds. The summed E-state index contributed by atoms with van der Waals surface area (Å²) in [5, 5.41) is 3.29. The Morgan fingerprint density at radius 3 is 2.74 bits per heavy atom. The van der Waals surface area contributed by atoms with Crippen molar-refractivity contribution < 1.29 is 9.59 Å². The van der Waals surface area contributed by atoms with Gasteiger partial charge in [0.25, 0.3) is 0 Å². The molecular weight excluding hydrogens is 314 g/mol. The molecule has 126 valence electrons. The van der Waals surface area contributed by atoms with Gasteiger partial charge in [-0.1, -0.05) is 30.3 Å². The summed E-state index contributed by atoms with van der Waals surface area (Å²) in [6.45, 7) is 5.61. The number of halogens is 1. The lowest BCUT2D eigenvalue weighted by atomic mass is 10.1. The van der Waals surface area contributed by atoms with E-state index in [0.717, 1.165) is 25.2 Å². The van der Waals surface area contributed by atoms with Crippen LogP contribution in [-0.2, 0) is 16.1 Å². The summed E-state index contributed by atoms with van der Waals surface area (Å²) in [7, 11) is 0. The molecule has 6 heteroatoms. The van der Waals surface area contributed by atoms with Crippen molar-refractivity contribution in [2.75, 3.05) is 26.2 Å². The van der Waals surface area contributed by atoms with Crippen LogP contribution < -0.4 is 5.32 Å². The number of likely N-dealkylation sites (tertiary alicyclic amines) is 1. The first kappa shape index (κ1) is 17.8. The molecule has 1 aromatic carbocycles. The molecule has 3 rings (SSSR count). The molecule has 23 heavy (non-hydrogen) atoms. The zero-order valence-electron chi connectivity index (χ0n) is 13.4. The van der Waals surface area contributed by atoms with Crippen LogP contribution in [0.2, 0.25) is 0 Å². The maximum atomic E-state index is 12.7. The highest BCUT2D eigenvalue weighted by molar-refractivity contribution is 5.89. The second-order valence-electron chi connectivity index (χ2n) is 6.25. The number of nitrogens with zero attached hydrogens (tertiary/aromatic N) is 2. The molecule has 1 N–H and O–H groups in total. The summed E-state index contributed by atoms with van der Waals surface area (Å²) in [5.41, 5.74) is 1.11. The normalized spacial score (nSPS) is 24.5. The van der Waals surface area contributed by atoms with Crippen molar-refractivity contribution in [1.29, 1.82) is 0 Å². The van der Waals surface area contributed by atoms with Crippen LogP contribution in [0.15, 0.2) is 30.3 Å². The van der Waals surface area contributed by atoms with E-state index in [1.165, 1.54) is 0 Å². The van der Waals surface area contributed by atoms with Crippen molar-refractivity contribution in [3.8, 4) is 0 Å². The average Bonchev–Trinajstić information content (AvgIpc) is 2.89. The van der Waals surface area contributed by atoms with E-state index in [4.69, 9.17) is 0 Å². The van der Waals surface area contributed by atoms with Gasteiger partial charge in [0.15, 0.2) is 0 Å². The van der Waals surface area contributed by atoms with E-state index < -0.39 is 0 Å². The van der Waals surface area contributed by atoms with Crippen molar-refractivity contribution in [3.05, 3.63) is 35.9 Å². The minimum absolute atomic E-state index is 0. The molecule has 2 atom stereocenters. The third kappa shape index (κ3) is 4.03. The predicted octanol–water partition coefficient (Wildman–Crippen LogP) is 1.28. The summed E-state index contributed by atoms with van der Waals surface area (Å²) >= 11 is 0. The van der Waals surface area contributed by atoms with Gasteiger partial charge in [-0.15, -0.1) is 12.4 Å². The first-order valence-electron chi connectivity index (χ1n) is 7.98. The summed E-state index contributed by atoms with van der Waals surface area (Å²) in [6.07, 6.45) is 0.350. The van der Waals surface area contributed by atoms with E-state index >= 15 is 0 Å². The largest absolute Gasteiger partial charge is 0.338 e. The topological polar surface area (TPSA) is 52.7 Å². The van der Waals surface area contributed by atoms with Crippen LogP contribution in [0.4, 0.5) is 0 Å². The molecule has 0 aliphatic carbocycles. The molecule has 0 spiro atoms. The second-order valence-corrected chi connectivity index (χ2v) is 6.25. The van der Waals surface area contributed by atoms with E-state index in [0.29, 0.717) is 19.5 Å². The third-order valence-corrected chi connectivity index (χ3v) is 4.56. The lowest BCUT2D eigenvalue weighted by Gasteiger charge is -2.35. The smallest absolute Gasteiger partial charge is 0.228 e. The first-order valence-corrected chi connectivity index (χ1v) is 7.98. The van der Waals surface area contributed by atoms with Crippen LogP contribution in [0, 0.1) is 5.92 Å². The van der Waals surface area contributed by atoms with Crippen LogP contribution in [0.1, 0.15) is 18.9 Å². The van der Waals surface area contributed by atoms with Gasteiger partial charge in [-0.25, -0.2) is 0 Å². The fraction of sp³-hybridized carbons (Fsp3) is 0.529. The van der Waals surface area contributed by atoms with Crippen LogP contribution >= 0.6 is 12.4 Å². The molecule has 2 unspecified atom stereocenters. The fourth-order valence-electron chi connectivity index (χ4n) is 3.30. The molecule has 0 saturated carbocycles. The minimum atomic E-state index is -0.184. The molecule has 2 fully saturated rings. The van der Waals surface area contributed by atoms with Gasteiger partial charge in [0.2, 0.25) is 11.8 Å². The number of carbonyl (C=O) groups is 2. The summed E-state index contributed by atoms with van der Waals surface area (Å²) in [4.78, 5) is 28.6. The number of hydrogen-bond donors (Lipinski definition) is 1. The highest BCUT2D eigenvalue weighted by Gasteiger charge is 2.38. The summed E-state index contributed by atoms with van der Waals surface area (Å²) < 4.78 is 0. The molecule has 2 heterocycles. The first-order chi connectivity index (χ1) is 10.6. The van der Waals surface area contributed by atoms with Crippen molar-refractivity contribution in [2.24, 2.45) is 5.92 Å². The zero-order chi connectivity index (χ0) is 15.5. The van der Waals surface area contributed by atoms with Crippen molar-refractivity contribution in [2.45, 2.75) is 25.9 Å². The molecule has 5 nitrogen and oxygen atoms in total. The fourth-order valence-corrected chi connectivity index (χ4v) is 3.30. The SMILES string of the molecule is CC1CNCCN1C(=O)C1CC(=O)N(Cc2ccccc2)C1.Cl. The van der Waals surface area contributed by atoms with E-state index in [-0.39, 0.29) is 36.2 Å². The summed E-state index contributed by atoms with van der Waals surface area (Å²) in [6, 6.07) is 10.1. The molecule has 0 radical (unpaired) electrons. The van der Waals surface area contributed by atoms with Gasteiger partial charge in [-0.3, -0.25) is 9.59 Å². The average molecular weight is 338 g/mol. The van der Waals surface area contributed by atoms with Crippen LogP contribution in [0.5, 0.6) is 0 Å². The predicted molar refractivity (Wildman–Crippen MR) is 91.3 cm³/mol. The van der Waals surface area contributed by atoms with Gasteiger partial charge in [0, 0.05) is 45.2 Å². The lowest BCUT2D eigenvalue weighted by Crippen LogP contribution is -2.54. The maximum Gasteiger partial charge on any atom is 0.228 e. The third-order valence-electron chi connectivity index (χ3n) is 4.56. The molecular formula is C17H24ClN3O2. The van der Waals surface area contributed by atoms with Gasteiger partial charge in [0.05, 0.1) is 5.92 Å². The van der Waals surface area contributed by atoms with E-state index in [1.54, 1.807) is 0 Å². The Morgan fingerprint density at radius 2 is 2.04 bits per heavy atom. The van der Waals surface area contributed by atoms with Crippen LogP contribution in [-0.4, -0.2) is 53.8 Å². The van der Waals surface area contributed by atoms with Crippen molar-refractivity contribution in [3.63, 3.8) is 0 Å². The number of amides is 2. The summed E-state index contributed by atoms with van der Waals surface area (Å²) in [5.74, 6) is 0.0414. The Bertz CT molecular complexity index is 552. The van der Waals surface area contributed by atoms with E-state index in [9.17, 15) is 9.59 Å². The van der Waals surface area contributed by atoms with Gasteiger partial charge in [-0.05, 0) is 12.5 Å². The zero-order valence-corrected chi connectivity index (χ0v) is 14.2. The van der Waals surface area contributed by atoms with E-state index in [2.05, 4.69) is 12.2 Å². The van der Waals surface area contributed by atoms with Crippen molar-refractivity contribution >= 4 is 24.2 Å². The van der Waals surface area contributed by atoms with Gasteiger partial charge in [-0.2, -0.15) is 0 Å². The quantitative estimate of drug-likeness (QED) is 0.904. The maximum absolute atomic E-state index is 12.7. The number of rotatable bonds is 3. The van der Waals surface area contributed by atoms with Crippen LogP contribution in [0.25, 0.3) is 0 Å². The Balaban J connectivity index is 0.00000192. The van der Waals surface area contributed by atoms with E-state index in [1.807, 2.05) is 40.1 Å². The van der Waals surface area contributed by atoms with Gasteiger partial charge >= 0.3 is 0 Å². The number of carbonyl (C=O) groups excluding carboxylic acids is 2. The Hall–Kier alpha value is -1.59. The molecule has 1 aromatic rings. The Morgan fingerprint density at radius 1 is 1.30 bits per heavy atom. The highest BCUT2D eigenvalue weighted by atomic mass is 35.5. The molecule has 2 aliphatic rings. The molecule has 0 bridgehead atoms. The Labute approximate surface area is 143 Å². The Kier molecular flexibility index (Phi) is 6.02. The highest BCUT2D eigenvalue weighted by Crippen LogP contribution is 2.23. The van der Waals surface area contributed by atoms with Crippen molar-refractivity contribution in [1.82, 2.24) is 15.1 Å². The number of benzene rings is 1. The second kappa shape index (κ2) is 7.79. The minimum Gasteiger partial charge on any atom is -0.338 e. The lowest BCUT2D eigenvalue weighted by molar-refractivity contribution is -0.138. The standard InChI is InChI=1S/C17H23N3O2.ClH/c1-13-10-18-7-8-20(13)17(22)15-9-16(21)19(12-15)11-14-5-3-2-4-6-14;/h2-6,13,15,18H,7-12H2,1H3;1H. The number of nitrogens with one attached hydrogen (secondary N) is 1. The molecule has 2 saturated heterocycles. The van der Waals surface area contributed by atoms with Gasteiger partial charge in [0.1, 0.15) is 0 Å². The number of hydrogen-bond acceptors (Lipinski definition) is 3.